The molecule has 0 unspecified atom stereocenters. The second-order valence-corrected chi connectivity index (χ2v) is 11.1. The summed E-state index contributed by atoms with van der Waals surface area (Å²) >= 11 is 0. The molecule has 3 N–H and O–H groups in total. The number of hydrogen-bond donors (Lipinski definition) is 3. The second kappa shape index (κ2) is 10.5. The van der Waals surface area contributed by atoms with Gasteiger partial charge in [-0.2, -0.15) is 0 Å². The van der Waals surface area contributed by atoms with Gasteiger partial charge < -0.3 is 15.4 Å². The lowest BCUT2D eigenvalue weighted by Crippen LogP contribution is -2.44. The van der Waals surface area contributed by atoms with E-state index < -0.39 is 41.9 Å². The molecule has 1 saturated heterocycles. The molecule has 4 aromatic carbocycles. The SMILES string of the molecule is Cc1ccc([C@H]2c3[nH]c4ccccc4c3C[C@H]3C(=O)N(c4ccccc4C(=O)N[C@@H](C(=O)O)c4ccccc4)C(=O)N23)cc1. The summed E-state index contributed by atoms with van der Waals surface area (Å²) in [5, 5.41) is 13.4. The van der Waals surface area contributed by atoms with Gasteiger partial charge in [-0.25, -0.2) is 14.5 Å². The molecule has 3 heterocycles. The van der Waals surface area contributed by atoms with Crippen LogP contribution in [0.1, 0.15) is 50.4 Å². The number of aryl methyl sites for hydroxylation is 1. The molecule has 5 aromatic rings. The molecule has 2 aliphatic heterocycles. The van der Waals surface area contributed by atoms with E-state index in [0.717, 1.165) is 38.2 Å². The highest BCUT2D eigenvalue weighted by molar-refractivity contribution is 6.24. The number of aromatic nitrogens is 1. The number of rotatable bonds is 6. The number of carboxylic acids is 1. The zero-order chi connectivity index (χ0) is 30.5. The van der Waals surface area contributed by atoms with Crippen molar-refractivity contribution in [3.05, 3.63) is 137 Å². The number of aromatic amines is 1. The van der Waals surface area contributed by atoms with Crippen LogP contribution < -0.4 is 10.2 Å². The van der Waals surface area contributed by atoms with E-state index in [4.69, 9.17) is 0 Å². The maximum absolute atomic E-state index is 14.3. The number of aliphatic carboxylic acids is 1. The Bertz CT molecular complexity index is 1950. The number of carbonyl (C=O) groups excluding carboxylic acids is 3. The number of H-pyrrole nitrogens is 1. The fourth-order valence-corrected chi connectivity index (χ4v) is 6.39. The Morgan fingerprint density at radius 3 is 2.32 bits per heavy atom. The zero-order valence-electron chi connectivity index (χ0n) is 23.7. The standard InChI is InChI=1S/C35H28N4O5/c1-20-15-17-22(18-16-20)31-30-25(23-11-5-7-13-26(23)36-30)19-28-33(41)39(35(44)38(28)31)27-14-8-6-12-24(27)32(40)37-29(34(42)43)21-9-3-2-4-10-21/h2-18,28-29,31,36H,19H2,1H3,(H,37,40)(H,42,43)/t28-,29+,31-/m0/s1. The third kappa shape index (κ3) is 4.32. The number of nitrogens with one attached hydrogen (secondary N) is 2. The number of amides is 4. The van der Waals surface area contributed by atoms with Crippen molar-refractivity contribution in [2.75, 3.05) is 4.90 Å². The highest BCUT2D eigenvalue weighted by atomic mass is 16.4. The van der Waals surface area contributed by atoms with Gasteiger partial charge in [0.05, 0.1) is 11.3 Å². The van der Waals surface area contributed by atoms with Crippen LogP contribution in [0.2, 0.25) is 0 Å². The molecule has 0 bridgehead atoms. The summed E-state index contributed by atoms with van der Waals surface area (Å²) in [5.41, 5.74) is 5.20. The van der Waals surface area contributed by atoms with Crippen LogP contribution in [-0.4, -0.2) is 44.8 Å². The average Bonchev–Trinajstić information content (AvgIpc) is 3.53. The van der Waals surface area contributed by atoms with Crippen molar-refractivity contribution >= 4 is 40.4 Å². The summed E-state index contributed by atoms with van der Waals surface area (Å²) < 4.78 is 0. The monoisotopic (exact) mass is 584 g/mol. The largest absolute Gasteiger partial charge is 0.479 e. The third-order valence-electron chi connectivity index (χ3n) is 8.49. The smallest absolute Gasteiger partial charge is 0.332 e. The molecule has 0 spiro atoms. The van der Waals surface area contributed by atoms with E-state index in [-0.39, 0.29) is 11.3 Å². The van der Waals surface area contributed by atoms with Gasteiger partial charge in [-0.1, -0.05) is 90.5 Å². The molecule has 7 rings (SSSR count). The molecule has 218 valence electrons. The Morgan fingerprint density at radius 1 is 0.886 bits per heavy atom. The number of anilines is 1. The molecule has 2 aliphatic rings. The molecule has 9 heteroatoms. The van der Waals surface area contributed by atoms with E-state index in [1.54, 1.807) is 47.4 Å². The molecule has 4 amide bonds. The number of hydrogen-bond acceptors (Lipinski definition) is 4. The fourth-order valence-electron chi connectivity index (χ4n) is 6.39. The van der Waals surface area contributed by atoms with Crippen LogP contribution in [-0.2, 0) is 16.0 Å². The van der Waals surface area contributed by atoms with Crippen molar-refractivity contribution in [1.82, 2.24) is 15.2 Å². The van der Waals surface area contributed by atoms with Crippen LogP contribution in [0.5, 0.6) is 0 Å². The van der Waals surface area contributed by atoms with Crippen LogP contribution in [0, 0.1) is 6.92 Å². The van der Waals surface area contributed by atoms with Gasteiger partial charge in [0, 0.05) is 23.0 Å². The maximum atomic E-state index is 14.3. The van der Waals surface area contributed by atoms with Gasteiger partial charge in [-0.3, -0.25) is 14.5 Å². The topological polar surface area (TPSA) is 123 Å². The molecule has 0 radical (unpaired) electrons. The lowest BCUT2D eigenvalue weighted by molar-refractivity contribution is -0.139. The minimum absolute atomic E-state index is 0.0204. The molecule has 0 aliphatic carbocycles. The summed E-state index contributed by atoms with van der Waals surface area (Å²) in [6, 6.07) is 27.2. The lowest BCUT2D eigenvalue weighted by atomic mass is 9.88. The number of benzene rings is 4. The normalized spacial score (nSPS) is 18.2. The van der Waals surface area contributed by atoms with Crippen molar-refractivity contribution in [1.29, 1.82) is 0 Å². The van der Waals surface area contributed by atoms with Crippen molar-refractivity contribution in [3.8, 4) is 0 Å². The highest BCUT2D eigenvalue weighted by Gasteiger charge is 2.53. The Balaban J connectivity index is 1.29. The first-order chi connectivity index (χ1) is 21.3. The second-order valence-electron chi connectivity index (χ2n) is 11.1. The minimum Gasteiger partial charge on any atom is -0.479 e. The van der Waals surface area contributed by atoms with Crippen LogP contribution in [0.3, 0.4) is 0 Å². The number of para-hydroxylation sites is 2. The summed E-state index contributed by atoms with van der Waals surface area (Å²) in [6.45, 7) is 1.99. The first-order valence-corrected chi connectivity index (χ1v) is 14.3. The first-order valence-electron chi connectivity index (χ1n) is 14.3. The fraction of sp³-hybridized carbons (Fsp3) is 0.143. The van der Waals surface area contributed by atoms with Crippen LogP contribution in [0.25, 0.3) is 10.9 Å². The lowest BCUT2D eigenvalue weighted by Gasteiger charge is -2.36. The number of carboxylic acid groups (broad SMARTS) is 1. The predicted octanol–water partition coefficient (Wildman–Crippen LogP) is 5.51. The van der Waals surface area contributed by atoms with Gasteiger partial charge in [0.2, 0.25) is 0 Å². The average molecular weight is 585 g/mol. The summed E-state index contributed by atoms with van der Waals surface area (Å²) in [4.78, 5) is 60.4. The van der Waals surface area contributed by atoms with Crippen LogP contribution in [0.15, 0.2) is 103 Å². The van der Waals surface area contributed by atoms with E-state index in [9.17, 15) is 24.3 Å². The number of imide groups is 1. The summed E-state index contributed by atoms with van der Waals surface area (Å²) in [5.74, 6) is -2.39. The zero-order valence-corrected chi connectivity index (χ0v) is 23.7. The number of carbonyl (C=O) groups is 4. The van der Waals surface area contributed by atoms with Crippen molar-refractivity contribution < 1.29 is 24.3 Å². The molecule has 1 fully saturated rings. The predicted molar refractivity (Wildman–Crippen MR) is 164 cm³/mol. The number of fused-ring (bicyclic) bond motifs is 4. The maximum Gasteiger partial charge on any atom is 0.332 e. The van der Waals surface area contributed by atoms with Crippen molar-refractivity contribution in [2.24, 2.45) is 0 Å². The molecular weight excluding hydrogens is 556 g/mol. The Kier molecular flexibility index (Phi) is 6.50. The van der Waals surface area contributed by atoms with Gasteiger partial charge in [0.1, 0.15) is 12.1 Å². The van der Waals surface area contributed by atoms with E-state index in [1.807, 2.05) is 55.5 Å². The Labute approximate surface area is 252 Å². The van der Waals surface area contributed by atoms with Crippen LogP contribution >= 0.6 is 0 Å². The highest BCUT2D eigenvalue weighted by Crippen LogP contribution is 2.45. The summed E-state index contributed by atoms with van der Waals surface area (Å²) in [7, 11) is 0. The van der Waals surface area contributed by atoms with E-state index in [0.29, 0.717) is 12.0 Å². The minimum atomic E-state index is -1.32. The van der Waals surface area contributed by atoms with Crippen LogP contribution in [0.4, 0.5) is 10.5 Å². The quantitative estimate of drug-likeness (QED) is 0.227. The Hall–Kier alpha value is -5.70. The molecular formula is C35H28N4O5. The third-order valence-corrected chi connectivity index (χ3v) is 8.49. The van der Waals surface area contributed by atoms with E-state index in [1.165, 1.54) is 12.1 Å². The summed E-state index contributed by atoms with van der Waals surface area (Å²) in [6.07, 6.45) is 0.312. The number of nitrogens with zero attached hydrogens (tertiary/aromatic N) is 2. The number of urea groups is 1. The Morgan fingerprint density at radius 2 is 1.57 bits per heavy atom. The van der Waals surface area contributed by atoms with E-state index in [2.05, 4.69) is 10.3 Å². The first kappa shape index (κ1) is 27.2. The van der Waals surface area contributed by atoms with Gasteiger partial charge >= 0.3 is 12.0 Å². The molecule has 3 atom stereocenters. The molecule has 9 nitrogen and oxygen atoms in total. The van der Waals surface area contributed by atoms with E-state index >= 15 is 0 Å². The molecule has 1 aromatic heterocycles. The van der Waals surface area contributed by atoms with Crippen molar-refractivity contribution in [2.45, 2.75) is 31.5 Å². The van der Waals surface area contributed by atoms with Gasteiger partial charge in [0.25, 0.3) is 11.8 Å². The van der Waals surface area contributed by atoms with Gasteiger partial charge in [0.15, 0.2) is 6.04 Å². The molecule has 0 saturated carbocycles. The van der Waals surface area contributed by atoms with Gasteiger partial charge in [-0.05, 0) is 41.8 Å². The van der Waals surface area contributed by atoms with Crippen molar-refractivity contribution in [3.63, 3.8) is 0 Å². The van der Waals surface area contributed by atoms with Gasteiger partial charge in [-0.15, -0.1) is 0 Å². The molecule has 44 heavy (non-hydrogen) atoms.